The van der Waals surface area contributed by atoms with Gasteiger partial charge in [0, 0.05) is 17.1 Å². The van der Waals surface area contributed by atoms with E-state index in [4.69, 9.17) is 0 Å². The SMILES string of the molecule is CCc1c2nc3ccccc3c-2ccn1O. The molecule has 0 spiro atoms. The average molecular weight is 212 g/mol. The van der Waals surface area contributed by atoms with Gasteiger partial charge in [-0.3, -0.25) is 0 Å². The first kappa shape index (κ1) is 9.21. The van der Waals surface area contributed by atoms with Crippen LogP contribution in [0.3, 0.4) is 0 Å². The van der Waals surface area contributed by atoms with E-state index in [-0.39, 0.29) is 0 Å². The molecule has 0 amide bonds. The van der Waals surface area contributed by atoms with Crippen molar-refractivity contribution in [2.24, 2.45) is 0 Å². The summed E-state index contributed by atoms with van der Waals surface area (Å²) >= 11 is 0. The number of hydrogen-bond donors (Lipinski definition) is 1. The number of fused-ring (bicyclic) bond motifs is 3. The zero-order valence-corrected chi connectivity index (χ0v) is 9.01. The van der Waals surface area contributed by atoms with E-state index in [1.54, 1.807) is 6.20 Å². The monoisotopic (exact) mass is 212 g/mol. The Bertz CT molecular complexity index is 627. The van der Waals surface area contributed by atoms with Crippen molar-refractivity contribution < 1.29 is 5.21 Å². The molecule has 80 valence electrons. The lowest BCUT2D eigenvalue weighted by molar-refractivity contribution is 0.175. The zero-order chi connectivity index (χ0) is 11.1. The number of nitrogens with zero attached hydrogens (tertiary/aromatic N) is 2. The van der Waals surface area contributed by atoms with Crippen LogP contribution in [0.2, 0.25) is 0 Å². The van der Waals surface area contributed by atoms with E-state index in [9.17, 15) is 5.21 Å². The molecule has 0 saturated carbocycles. The van der Waals surface area contributed by atoms with Crippen LogP contribution in [0.15, 0.2) is 36.5 Å². The standard InChI is InChI=1S/C13H12N2O/c1-2-12-13-10(7-8-15(12)16)9-5-3-4-6-11(9)14-13/h3-8,16H,2H2,1H3. The molecule has 0 bridgehead atoms. The predicted octanol–water partition coefficient (Wildman–Crippen LogP) is 2.94. The normalized spacial score (nSPS) is 11.3. The summed E-state index contributed by atoms with van der Waals surface area (Å²) in [5, 5.41) is 10.9. The number of pyridine rings is 1. The molecule has 2 aliphatic rings. The van der Waals surface area contributed by atoms with E-state index >= 15 is 0 Å². The highest BCUT2D eigenvalue weighted by Gasteiger charge is 2.16. The Labute approximate surface area is 93.3 Å². The maximum atomic E-state index is 9.71. The van der Waals surface area contributed by atoms with Gasteiger partial charge in [0.15, 0.2) is 0 Å². The minimum atomic E-state index is 0.761. The van der Waals surface area contributed by atoms with Crippen LogP contribution in [0.4, 0.5) is 0 Å². The molecule has 0 unspecified atom stereocenters. The Morgan fingerprint density at radius 3 is 2.88 bits per heavy atom. The van der Waals surface area contributed by atoms with Crippen molar-refractivity contribution >= 4 is 10.9 Å². The lowest BCUT2D eigenvalue weighted by atomic mass is 10.1. The van der Waals surface area contributed by atoms with Crippen molar-refractivity contribution in [1.82, 2.24) is 9.71 Å². The molecule has 16 heavy (non-hydrogen) atoms. The molecular formula is C13H12N2O. The van der Waals surface area contributed by atoms with Crippen LogP contribution >= 0.6 is 0 Å². The van der Waals surface area contributed by atoms with E-state index in [1.807, 2.05) is 31.2 Å². The summed E-state index contributed by atoms with van der Waals surface area (Å²) < 4.78 is 1.16. The van der Waals surface area contributed by atoms with E-state index in [0.29, 0.717) is 0 Å². The van der Waals surface area contributed by atoms with Crippen LogP contribution in [0.1, 0.15) is 12.6 Å². The van der Waals surface area contributed by atoms with Gasteiger partial charge in [0.2, 0.25) is 0 Å². The molecule has 3 nitrogen and oxygen atoms in total. The topological polar surface area (TPSA) is 38.0 Å². The maximum Gasteiger partial charge on any atom is 0.0945 e. The van der Waals surface area contributed by atoms with Gasteiger partial charge in [0.05, 0.1) is 16.9 Å². The van der Waals surface area contributed by atoms with Crippen LogP contribution in [-0.4, -0.2) is 14.9 Å². The summed E-state index contributed by atoms with van der Waals surface area (Å²) in [4.78, 5) is 4.57. The molecule has 1 aromatic carbocycles. The van der Waals surface area contributed by atoms with Crippen molar-refractivity contribution in [2.45, 2.75) is 13.3 Å². The first-order chi connectivity index (χ1) is 7.81. The molecule has 0 fully saturated rings. The zero-order valence-electron chi connectivity index (χ0n) is 9.01. The molecule has 0 radical (unpaired) electrons. The number of benzene rings is 1. The third-order valence-corrected chi connectivity index (χ3v) is 2.95. The van der Waals surface area contributed by atoms with Gasteiger partial charge in [-0.2, -0.15) is 4.73 Å². The Morgan fingerprint density at radius 1 is 1.25 bits per heavy atom. The van der Waals surface area contributed by atoms with Crippen molar-refractivity contribution in [3.05, 3.63) is 42.2 Å². The van der Waals surface area contributed by atoms with E-state index in [0.717, 1.165) is 39.0 Å². The average Bonchev–Trinajstić information content (AvgIpc) is 2.67. The summed E-state index contributed by atoms with van der Waals surface area (Å²) in [6.45, 7) is 2.01. The van der Waals surface area contributed by atoms with Gasteiger partial charge in [-0.15, -0.1) is 0 Å². The number of aromatic nitrogens is 2. The summed E-state index contributed by atoms with van der Waals surface area (Å²) in [5.41, 5.74) is 3.85. The van der Waals surface area contributed by atoms with Gasteiger partial charge in [-0.05, 0) is 18.6 Å². The Hall–Kier alpha value is -2.03. The van der Waals surface area contributed by atoms with Crippen molar-refractivity contribution in [3.8, 4) is 11.3 Å². The molecule has 0 aliphatic carbocycles. The van der Waals surface area contributed by atoms with Gasteiger partial charge in [0.25, 0.3) is 0 Å². The van der Waals surface area contributed by atoms with Crippen LogP contribution in [-0.2, 0) is 6.42 Å². The second kappa shape index (κ2) is 3.23. The van der Waals surface area contributed by atoms with Gasteiger partial charge in [0.1, 0.15) is 0 Å². The van der Waals surface area contributed by atoms with Gasteiger partial charge in [-0.1, -0.05) is 25.1 Å². The Kier molecular flexibility index (Phi) is 1.86. The van der Waals surface area contributed by atoms with Crippen molar-refractivity contribution in [1.29, 1.82) is 0 Å². The largest absolute Gasteiger partial charge is 0.429 e. The fraction of sp³-hybridized carbons (Fsp3) is 0.154. The third kappa shape index (κ3) is 1.11. The highest BCUT2D eigenvalue weighted by Crippen LogP contribution is 2.32. The van der Waals surface area contributed by atoms with E-state index in [1.165, 1.54) is 0 Å². The molecule has 3 rings (SSSR count). The molecule has 0 saturated heterocycles. The molecule has 1 N–H and O–H groups in total. The van der Waals surface area contributed by atoms with Crippen molar-refractivity contribution in [2.75, 3.05) is 0 Å². The Balaban J connectivity index is 2.46. The molecule has 2 aliphatic heterocycles. The third-order valence-electron chi connectivity index (χ3n) is 2.95. The number of hydrogen-bond acceptors (Lipinski definition) is 2. The molecule has 1 aromatic rings. The molecule has 2 heterocycles. The summed E-state index contributed by atoms with van der Waals surface area (Å²) in [6, 6.07) is 9.95. The summed E-state index contributed by atoms with van der Waals surface area (Å²) in [7, 11) is 0. The quantitative estimate of drug-likeness (QED) is 0.630. The minimum Gasteiger partial charge on any atom is -0.429 e. The lowest BCUT2D eigenvalue weighted by Gasteiger charge is -2.09. The fourth-order valence-electron chi connectivity index (χ4n) is 2.17. The van der Waals surface area contributed by atoms with Crippen LogP contribution in [0, 0.1) is 0 Å². The van der Waals surface area contributed by atoms with Gasteiger partial charge >= 0.3 is 0 Å². The second-order valence-electron chi connectivity index (χ2n) is 3.85. The molecule has 0 aromatic heterocycles. The van der Waals surface area contributed by atoms with Gasteiger partial charge in [-0.25, -0.2) is 4.98 Å². The van der Waals surface area contributed by atoms with Crippen LogP contribution < -0.4 is 0 Å². The number of para-hydroxylation sites is 1. The smallest absolute Gasteiger partial charge is 0.0945 e. The molecule has 0 atom stereocenters. The Morgan fingerprint density at radius 2 is 2.06 bits per heavy atom. The van der Waals surface area contributed by atoms with Crippen molar-refractivity contribution in [3.63, 3.8) is 0 Å². The first-order valence-electron chi connectivity index (χ1n) is 5.39. The fourth-order valence-corrected chi connectivity index (χ4v) is 2.17. The highest BCUT2D eigenvalue weighted by molar-refractivity contribution is 5.97. The second-order valence-corrected chi connectivity index (χ2v) is 3.85. The minimum absolute atomic E-state index is 0.761. The lowest BCUT2D eigenvalue weighted by Crippen LogP contribution is -2.03. The predicted molar refractivity (Wildman–Crippen MR) is 62.9 cm³/mol. The molecular weight excluding hydrogens is 200 g/mol. The van der Waals surface area contributed by atoms with Crippen LogP contribution in [0.25, 0.3) is 22.2 Å². The van der Waals surface area contributed by atoms with E-state index in [2.05, 4.69) is 11.1 Å². The summed E-state index contributed by atoms with van der Waals surface area (Å²) in [5.74, 6) is 0. The van der Waals surface area contributed by atoms with Gasteiger partial charge < -0.3 is 5.21 Å². The summed E-state index contributed by atoms with van der Waals surface area (Å²) in [6.07, 6.45) is 2.44. The highest BCUT2D eigenvalue weighted by atomic mass is 16.5. The number of rotatable bonds is 1. The van der Waals surface area contributed by atoms with E-state index < -0.39 is 0 Å². The molecule has 3 heteroatoms. The van der Waals surface area contributed by atoms with Crippen LogP contribution in [0.5, 0.6) is 0 Å². The maximum absolute atomic E-state index is 9.71. The first-order valence-corrected chi connectivity index (χ1v) is 5.39.